The van der Waals surface area contributed by atoms with Gasteiger partial charge in [-0.25, -0.2) is 0 Å². The minimum Gasteiger partial charge on any atom is -0.349 e. The van der Waals surface area contributed by atoms with E-state index in [1.165, 1.54) is 22.6 Å². The third kappa shape index (κ3) is 4.76. The Kier molecular flexibility index (Phi) is 7.00. The Morgan fingerprint density at radius 3 is 2.65 bits per heavy atom. The second-order valence-corrected chi connectivity index (χ2v) is 6.98. The Hall–Kier alpha value is -0.580. The molecule has 2 rings (SSSR count). The lowest BCUT2D eigenvalue weighted by atomic mass is 9.97. The molecule has 1 aromatic rings. The highest BCUT2D eigenvalue weighted by Crippen LogP contribution is 2.28. The molecule has 1 aliphatic rings. The first-order chi connectivity index (χ1) is 9.13. The van der Waals surface area contributed by atoms with E-state index in [1.807, 2.05) is 11.3 Å². The summed E-state index contributed by atoms with van der Waals surface area (Å²) in [5.41, 5.74) is 5.73. The second-order valence-electron chi connectivity index (χ2n) is 5.61. The average molecular weight is 317 g/mol. The van der Waals surface area contributed by atoms with Gasteiger partial charge in [-0.2, -0.15) is 0 Å². The van der Waals surface area contributed by atoms with Crippen molar-refractivity contribution in [3.05, 3.63) is 21.9 Å². The van der Waals surface area contributed by atoms with Crippen LogP contribution in [-0.2, 0) is 11.2 Å². The minimum absolute atomic E-state index is 0. The van der Waals surface area contributed by atoms with Crippen molar-refractivity contribution in [3.8, 4) is 0 Å². The highest BCUT2D eigenvalue weighted by molar-refractivity contribution is 7.11. The maximum absolute atomic E-state index is 12.0. The first-order valence-electron chi connectivity index (χ1n) is 7.20. The number of amides is 1. The quantitative estimate of drug-likeness (QED) is 0.847. The van der Waals surface area contributed by atoms with Crippen molar-refractivity contribution in [3.63, 3.8) is 0 Å². The Labute approximate surface area is 131 Å². The standard InChI is InChI=1S/C15H24N2OS.ClH/c1-12-7-8-13(19-12)5-4-6-14(18)17-15(11-16)9-2-3-10-15;/h7-8H,2-6,9-11,16H2,1H3,(H,17,18);1H. The number of halogens is 1. The van der Waals surface area contributed by atoms with Crippen LogP contribution >= 0.6 is 23.7 Å². The van der Waals surface area contributed by atoms with Gasteiger partial charge >= 0.3 is 0 Å². The molecule has 3 nitrogen and oxygen atoms in total. The summed E-state index contributed by atoms with van der Waals surface area (Å²) in [6.45, 7) is 2.69. The van der Waals surface area contributed by atoms with Crippen LogP contribution in [0.5, 0.6) is 0 Å². The number of hydrogen-bond acceptors (Lipinski definition) is 3. The van der Waals surface area contributed by atoms with Gasteiger partial charge < -0.3 is 11.1 Å². The Bertz CT molecular complexity index is 427. The molecule has 1 aliphatic carbocycles. The molecule has 1 saturated carbocycles. The van der Waals surface area contributed by atoms with Crippen LogP contribution in [0.4, 0.5) is 0 Å². The number of nitrogens with two attached hydrogens (primary N) is 1. The molecule has 114 valence electrons. The van der Waals surface area contributed by atoms with E-state index in [0.29, 0.717) is 13.0 Å². The molecular weight excluding hydrogens is 292 g/mol. The maximum atomic E-state index is 12.0. The summed E-state index contributed by atoms with van der Waals surface area (Å²) in [5, 5.41) is 3.17. The molecule has 0 spiro atoms. The summed E-state index contributed by atoms with van der Waals surface area (Å²) >= 11 is 1.82. The number of carbonyl (C=O) groups is 1. The second kappa shape index (κ2) is 8.01. The maximum Gasteiger partial charge on any atom is 0.220 e. The number of aryl methyl sites for hydroxylation is 2. The molecule has 0 aromatic carbocycles. The van der Waals surface area contributed by atoms with Gasteiger partial charge in [0.05, 0.1) is 5.54 Å². The van der Waals surface area contributed by atoms with Gasteiger partial charge in [0.1, 0.15) is 0 Å². The summed E-state index contributed by atoms with van der Waals surface area (Å²) in [7, 11) is 0. The van der Waals surface area contributed by atoms with E-state index < -0.39 is 0 Å². The fraction of sp³-hybridized carbons (Fsp3) is 0.667. The average Bonchev–Trinajstić information content (AvgIpc) is 2.99. The number of carbonyl (C=O) groups excluding carboxylic acids is 1. The number of hydrogen-bond donors (Lipinski definition) is 2. The molecule has 0 unspecified atom stereocenters. The normalized spacial score (nSPS) is 16.7. The molecular formula is C15H25ClN2OS. The van der Waals surface area contributed by atoms with Crippen LogP contribution in [-0.4, -0.2) is 18.0 Å². The number of nitrogens with one attached hydrogen (secondary N) is 1. The van der Waals surface area contributed by atoms with E-state index in [0.717, 1.165) is 25.7 Å². The van der Waals surface area contributed by atoms with Gasteiger partial charge in [0.15, 0.2) is 0 Å². The first kappa shape index (κ1) is 17.5. The van der Waals surface area contributed by atoms with E-state index in [-0.39, 0.29) is 23.9 Å². The van der Waals surface area contributed by atoms with Crippen molar-refractivity contribution in [2.45, 2.75) is 57.4 Å². The molecule has 20 heavy (non-hydrogen) atoms. The van der Waals surface area contributed by atoms with Gasteiger partial charge in [0.2, 0.25) is 5.91 Å². The zero-order valence-electron chi connectivity index (χ0n) is 12.1. The molecule has 0 saturated heterocycles. The van der Waals surface area contributed by atoms with Crippen molar-refractivity contribution >= 4 is 29.7 Å². The topological polar surface area (TPSA) is 55.1 Å². The zero-order chi connectivity index (χ0) is 13.7. The lowest BCUT2D eigenvalue weighted by Crippen LogP contribution is -2.51. The van der Waals surface area contributed by atoms with Crippen molar-refractivity contribution in [2.75, 3.05) is 6.54 Å². The molecule has 1 aromatic heterocycles. The highest BCUT2D eigenvalue weighted by atomic mass is 35.5. The van der Waals surface area contributed by atoms with E-state index in [4.69, 9.17) is 5.73 Å². The van der Waals surface area contributed by atoms with Crippen molar-refractivity contribution in [1.82, 2.24) is 5.32 Å². The summed E-state index contributed by atoms with van der Waals surface area (Å²) < 4.78 is 0. The molecule has 1 amide bonds. The summed E-state index contributed by atoms with van der Waals surface area (Å²) in [4.78, 5) is 14.7. The molecule has 1 heterocycles. The summed E-state index contributed by atoms with van der Waals surface area (Å²) in [6.07, 6.45) is 6.99. The van der Waals surface area contributed by atoms with E-state index >= 15 is 0 Å². The number of thiophene rings is 1. The number of rotatable bonds is 6. The lowest BCUT2D eigenvalue weighted by molar-refractivity contribution is -0.123. The van der Waals surface area contributed by atoms with E-state index in [9.17, 15) is 4.79 Å². The molecule has 1 fully saturated rings. The van der Waals surface area contributed by atoms with Gasteiger partial charge in [0, 0.05) is 22.7 Å². The molecule has 0 radical (unpaired) electrons. The van der Waals surface area contributed by atoms with Gasteiger partial charge in [-0.3, -0.25) is 4.79 Å². The van der Waals surface area contributed by atoms with Crippen LogP contribution in [0.15, 0.2) is 12.1 Å². The van der Waals surface area contributed by atoms with E-state index in [1.54, 1.807) is 0 Å². The lowest BCUT2D eigenvalue weighted by Gasteiger charge is -2.28. The molecule has 5 heteroatoms. The smallest absolute Gasteiger partial charge is 0.220 e. The third-order valence-corrected chi connectivity index (χ3v) is 5.04. The van der Waals surface area contributed by atoms with Gasteiger partial charge in [0.25, 0.3) is 0 Å². The largest absolute Gasteiger partial charge is 0.349 e. The Morgan fingerprint density at radius 1 is 1.40 bits per heavy atom. The predicted molar refractivity (Wildman–Crippen MR) is 87.6 cm³/mol. The first-order valence-corrected chi connectivity index (χ1v) is 8.02. The summed E-state index contributed by atoms with van der Waals surface area (Å²) in [5.74, 6) is 0.167. The zero-order valence-corrected chi connectivity index (χ0v) is 13.7. The SMILES string of the molecule is Cc1ccc(CCCC(=O)NC2(CN)CCCC2)s1.Cl. The fourth-order valence-corrected chi connectivity index (χ4v) is 3.76. The minimum atomic E-state index is -0.101. The van der Waals surface area contributed by atoms with Gasteiger partial charge in [-0.05, 0) is 44.7 Å². The van der Waals surface area contributed by atoms with Crippen molar-refractivity contribution in [1.29, 1.82) is 0 Å². The van der Waals surface area contributed by atoms with Crippen LogP contribution < -0.4 is 11.1 Å². The van der Waals surface area contributed by atoms with E-state index in [2.05, 4.69) is 24.4 Å². The van der Waals surface area contributed by atoms with Crippen molar-refractivity contribution in [2.24, 2.45) is 5.73 Å². The van der Waals surface area contributed by atoms with Crippen LogP contribution in [0.3, 0.4) is 0 Å². The van der Waals surface area contributed by atoms with Crippen LogP contribution in [0.25, 0.3) is 0 Å². The van der Waals surface area contributed by atoms with Crippen molar-refractivity contribution < 1.29 is 4.79 Å². The Balaban J connectivity index is 0.00000200. The summed E-state index contributed by atoms with van der Waals surface area (Å²) in [6, 6.07) is 4.30. The molecule has 3 N–H and O–H groups in total. The molecule has 0 bridgehead atoms. The van der Waals surface area contributed by atoms with Crippen LogP contribution in [0.1, 0.15) is 48.3 Å². The molecule has 0 aliphatic heterocycles. The predicted octanol–water partition coefficient (Wildman–Crippen LogP) is 3.19. The van der Waals surface area contributed by atoms with Crippen LogP contribution in [0.2, 0.25) is 0 Å². The van der Waals surface area contributed by atoms with Crippen LogP contribution in [0, 0.1) is 6.92 Å². The third-order valence-electron chi connectivity index (χ3n) is 3.98. The highest BCUT2D eigenvalue weighted by Gasteiger charge is 2.33. The monoisotopic (exact) mass is 316 g/mol. The van der Waals surface area contributed by atoms with Gasteiger partial charge in [-0.15, -0.1) is 23.7 Å². The Morgan fingerprint density at radius 2 is 2.10 bits per heavy atom. The van der Waals surface area contributed by atoms with Gasteiger partial charge in [-0.1, -0.05) is 12.8 Å². The molecule has 0 atom stereocenters. The fourth-order valence-electron chi connectivity index (χ4n) is 2.83.